The fourth-order valence-corrected chi connectivity index (χ4v) is 1.53. The summed E-state index contributed by atoms with van der Waals surface area (Å²) in [5, 5.41) is 12.7. The minimum atomic E-state index is -0.818. The van der Waals surface area contributed by atoms with E-state index in [1.807, 2.05) is 0 Å². The first kappa shape index (κ1) is 13.1. The Labute approximate surface area is 110 Å². The molecule has 1 aromatic heterocycles. The summed E-state index contributed by atoms with van der Waals surface area (Å²) >= 11 is 5.56. The number of halogens is 3. The average Bonchev–Trinajstić information content (AvgIpc) is 2.33. The molecule has 0 saturated heterocycles. The van der Waals surface area contributed by atoms with Gasteiger partial charge >= 0.3 is 5.69 Å². The zero-order valence-corrected chi connectivity index (χ0v) is 9.86. The number of benzene rings is 1. The molecule has 0 aliphatic carbocycles. The second-order valence-electron chi connectivity index (χ2n) is 3.37. The van der Waals surface area contributed by atoms with Gasteiger partial charge < -0.3 is 5.32 Å². The van der Waals surface area contributed by atoms with Crippen LogP contribution in [0.15, 0.2) is 24.5 Å². The van der Waals surface area contributed by atoms with Crippen molar-refractivity contribution in [1.82, 2.24) is 9.97 Å². The summed E-state index contributed by atoms with van der Waals surface area (Å²) in [7, 11) is 0. The molecule has 1 N–H and O–H groups in total. The van der Waals surface area contributed by atoms with E-state index in [0.29, 0.717) is 0 Å². The van der Waals surface area contributed by atoms with Gasteiger partial charge in [0, 0.05) is 6.07 Å². The lowest BCUT2D eigenvalue weighted by Crippen LogP contribution is -2.03. The monoisotopic (exact) mass is 286 g/mol. The van der Waals surface area contributed by atoms with Gasteiger partial charge in [0.05, 0.1) is 10.6 Å². The first-order valence-corrected chi connectivity index (χ1v) is 5.24. The molecule has 6 nitrogen and oxygen atoms in total. The highest BCUT2D eigenvalue weighted by molar-refractivity contribution is 6.31. The van der Waals surface area contributed by atoms with Crippen molar-refractivity contribution < 1.29 is 13.7 Å². The number of hydrogen-bond acceptors (Lipinski definition) is 5. The Hall–Kier alpha value is -2.35. The summed E-state index contributed by atoms with van der Waals surface area (Å²) in [6.45, 7) is 0. The summed E-state index contributed by atoms with van der Waals surface area (Å²) in [5.74, 6) is -1.81. The minimum absolute atomic E-state index is 0.294. The topological polar surface area (TPSA) is 81.0 Å². The average molecular weight is 287 g/mol. The Morgan fingerprint density at radius 1 is 1.32 bits per heavy atom. The lowest BCUT2D eigenvalue weighted by Gasteiger charge is -2.07. The number of nitrogens with zero attached hydrogens (tertiary/aromatic N) is 3. The molecule has 0 unspecified atom stereocenters. The fourth-order valence-electron chi connectivity index (χ4n) is 1.33. The van der Waals surface area contributed by atoms with Gasteiger partial charge in [-0.1, -0.05) is 11.6 Å². The van der Waals surface area contributed by atoms with E-state index in [0.717, 1.165) is 24.5 Å². The number of nitro groups is 1. The van der Waals surface area contributed by atoms with E-state index in [1.165, 1.54) is 0 Å². The lowest BCUT2D eigenvalue weighted by atomic mass is 10.3. The van der Waals surface area contributed by atoms with Gasteiger partial charge in [-0.25, -0.2) is 18.7 Å². The van der Waals surface area contributed by atoms with Crippen molar-refractivity contribution in [3.8, 4) is 0 Å². The Morgan fingerprint density at radius 3 is 2.74 bits per heavy atom. The zero-order valence-electron chi connectivity index (χ0n) is 9.10. The van der Waals surface area contributed by atoms with Crippen LogP contribution in [0.2, 0.25) is 5.15 Å². The molecule has 1 aromatic carbocycles. The van der Waals surface area contributed by atoms with Crippen molar-refractivity contribution in [2.45, 2.75) is 0 Å². The molecule has 98 valence electrons. The molecule has 9 heteroatoms. The van der Waals surface area contributed by atoms with Gasteiger partial charge in [0.2, 0.25) is 11.0 Å². The summed E-state index contributed by atoms with van der Waals surface area (Å²) in [5.41, 5.74) is -0.911. The van der Waals surface area contributed by atoms with E-state index in [4.69, 9.17) is 11.6 Å². The van der Waals surface area contributed by atoms with Gasteiger partial charge in [-0.2, -0.15) is 0 Å². The maximum absolute atomic E-state index is 13.4. The van der Waals surface area contributed by atoms with Crippen LogP contribution in [-0.2, 0) is 0 Å². The van der Waals surface area contributed by atoms with Crippen molar-refractivity contribution >= 4 is 28.8 Å². The SMILES string of the molecule is O=[N+]([O-])c1c(Cl)ncnc1Nc1cc(F)ccc1F. The molecule has 0 atom stereocenters. The van der Waals surface area contributed by atoms with Crippen LogP contribution in [0, 0.1) is 21.7 Å². The maximum atomic E-state index is 13.4. The minimum Gasteiger partial charge on any atom is -0.332 e. The molecule has 19 heavy (non-hydrogen) atoms. The summed E-state index contributed by atoms with van der Waals surface area (Å²) in [6.07, 6.45) is 0.967. The number of anilines is 2. The van der Waals surface area contributed by atoms with Crippen LogP contribution in [0.5, 0.6) is 0 Å². The molecule has 0 radical (unpaired) electrons. The molecule has 2 aromatic rings. The molecule has 0 aliphatic heterocycles. The molecule has 0 bridgehead atoms. The number of rotatable bonds is 3. The van der Waals surface area contributed by atoms with Crippen LogP contribution in [0.3, 0.4) is 0 Å². The van der Waals surface area contributed by atoms with Crippen LogP contribution in [0.4, 0.5) is 26.0 Å². The van der Waals surface area contributed by atoms with Crippen molar-refractivity contribution in [3.63, 3.8) is 0 Å². The highest BCUT2D eigenvalue weighted by Crippen LogP contribution is 2.31. The standard InChI is InChI=1S/C10H5ClF2N4O2/c11-9-8(17(18)19)10(15-4-14-9)16-7-3-5(12)1-2-6(7)13/h1-4H,(H,14,15,16). The predicted octanol–water partition coefficient (Wildman–Crippen LogP) is 3.06. The van der Waals surface area contributed by atoms with E-state index >= 15 is 0 Å². The highest BCUT2D eigenvalue weighted by atomic mass is 35.5. The number of hydrogen-bond donors (Lipinski definition) is 1. The molecule has 2 rings (SSSR count). The van der Waals surface area contributed by atoms with Crippen LogP contribution in [0.1, 0.15) is 0 Å². The molecule has 1 heterocycles. The van der Waals surface area contributed by atoms with E-state index in [9.17, 15) is 18.9 Å². The summed E-state index contributed by atoms with van der Waals surface area (Å²) < 4.78 is 26.4. The van der Waals surface area contributed by atoms with Gasteiger partial charge in [0.25, 0.3) is 0 Å². The smallest absolute Gasteiger partial charge is 0.332 e. The molecule has 0 aliphatic rings. The van der Waals surface area contributed by atoms with Crippen molar-refractivity contribution in [3.05, 3.63) is 51.4 Å². The Morgan fingerprint density at radius 2 is 2.05 bits per heavy atom. The van der Waals surface area contributed by atoms with Crippen molar-refractivity contribution in [2.75, 3.05) is 5.32 Å². The second kappa shape index (κ2) is 5.11. The number of nitrogens with one attached hydrogen (secondary N) is 1. The third-order valence-electron chi connectivity index (χ3n) is 2.14. The molecule has 0 fully saturated rings. The van der Waals surface area contributed by atoms with Gasteiger partial charge in [-0.15, -0.1) is 0 Å². The third kappa shape index (κ3) is 2.74. The maximum Gasteiger partial charge on any atom is 0.348 e. The van der Waals surface area contributed by atoms with Gasteiger partial charge in [0.1, 0.15) is 18.0 Å². The van der Waals surface area contributed by atoms with Crippen LogP contribution in [0.25, 0.3) is 0 Å². The zero-order chi connectivity index (χ0) is 14.0. The van der Waals surface area contributed by atoms with E-state index in [1.54, 1.807) is 0 Å². The predicted molar refractivity (Wildman–Crippen MR) is 63.3 cm³/mol. The molecular formula is C10H5ClF2N4O2. The first-order chi connectivity index (χ1) is 8.99. The van der Waals surface area contributed by atoms with E-state index in [2.05, 4.69) is 15.3 Å². The van der Waals surface area contributed by atoms with Gasteiger partial charge in [0.15, 0.2) is 0 Å². The number of aromatic nitrogens is 2. The van der Waals surface area contributed by atoms with E-state index < -0.39 is 27.4 Å². The Bertz CT molecular complexity index is 653. The molecule has 0 saturated carbocycles. The molecular weight excluding hydrogens is 282 g/mol. The second-order valence-corrected chi connectivity index (χ2v) is 3.73. The van der Waals surface area contributed by atoms with Crippen molar-refractivity contribution in [1.29, 1.82) is 0 Å². The van der Waals surface area contributed by atoms with E-state index in [-0.39, 0.29) is 11.5 Å². The summed E-state index contributed by atoms with van der Waals surface area (Å²) in [4.78, 5) is 17.0. The van der Waals surface area contributed by atoms with Crippen molar-refractivity contribution in [2.24, 2.45) is 0 Å². The highest BCUT2D eigenvalue weighted by Gasteiger charge is 2.22. The largest absolute Gasteiger partial charge is 0.348 e. The Kier molecular flexibility index (Phi) is 3.52. The third-order valence-corrected chi connectivity index (χ3v) is 2.42. The van der Waals surface area contributed by atoms with Gasteiger partial charge in [-0.05, 0) is 12.1 Å². The lowest BCUT2D eigenvalue weighted by molar-refractivity contribution is -0.384. The summed E-state index contributed by atoms with van der Waals surface area (Å²) in [6, 6.07) is 2.64. The molecule has 0 amide bonds. The first-order valence-electron chi connectivity index (χ1n) is 4.86. The van der Waals surface area contributed by atoms with Crippen LogP contribution >= 0.6 is 11.6 Å². The fraction of sp³-hybridized carbons (Fsp3) is 0. The normalized spacial score (nSPS) is 10.3. The van der Waals surface area contributed by atoms with Gasteiger partial charge in [-0.3, -0.25) is 10.1 Å². The Balaban J connectivity index is 2.46. The molecule has 0 spiro atoms. The van der Waals surface area contributed by atoms with Crippen LogP contribution < -0.4 is 5.32 Å². The van der Waals surface area contributed by atoms with Crippen LogP contribution in [-0.4, -0.2) is 14.9 Å². The quantitative estimate of drug-likeness (QED) is 0.533.